The molecule has 0 aliphatic carbocycles. The first-order chi connectivity index (χ1) is 6.59. The van der Waals surface area contributed by atoms with Gasteiger partial charge in [0.15, 0.2) is 0 Å². The molecule has 0 aromatic carbocycles. The Morgan fingerprint density at radius 1 is 1.64 bits per heavy atom. The minimum absolute atomic E-state index is 0.00144. The SMILES string of the molecule is Cc1[nH]cnc1COC(=O)CC(=O)O. The maximum absolute atomic E-state index is 10.8. The van der Waals surface area contributed by atoms with Gasteiger partial charge in [0.1, 0.15) is 13.0 Å². The number of ether oxygens (including phenoxy) is 1. The average molecular weight is 198 g/mol. The van der Waals surface area contributed by atoms with Gasteiger partial charge in [-0.25, -0.2) is 4.98 Å². The van der Waals surface area contributed by atoms with E-state index in [1.165, 1.54) is 6.33 Å². The van der Waals surface area contributed by atoms with Crippen LogP contribution in [-0.4, -0.2) is 27.0 Å². The molecule has 0 radical (unpaired) electrons. The number of rotatable bonds is 4. The Balaban J connectivity index is 2.38. The summed E-state index contributed by atoms with van der Waals surface area (Å²) in [4.78, 5) is 27.6. The van der Waals surface area contributed by atoms with Gasteiger partial charge in [0.2, 0.25) is 0 Å². The first-order valence-corrected chi connectivity index (χ1v) is 3.96. The van der Waals surface area contributed by atoms with Crippen LogP contribution in [0.15, 0.2) is 6.33 Å². The van der Waals surface area contributed by atoms with E-state index in [0.717, 1.165) is 5.69 Å². The molecule has 2 N–H and O–H groups in total. The minimum atomic E-state index is -1.20. The summed E-state index contributed by atoms with van der Waals surface area (Å²) in [6, 6.07) is 0. The Morgan fingerprint density at radius 3 is 2.86 bits per heavy atom. The van der Waals surface area contributed by atoms with Crippen molar-refractivity contribution in [1.82, 2.24) is 9.97 Å². The fourth-order valence-electron chi connectivity index (χ4n) is 0.856. The number of aromatic amines is 1. The number of hydrogen-bond acceptors (Lipinski definition) is 4. The second-order valence-electron chi connectivity index (χ2n) is 2.71. The molecular weight excluding hydrogens is 188 g/mol. The maximum Gasteiger partial charge on any atom is 0.317 e. The van der Waals surface area contributed by atoms with Crippen molar-refractivity contribution >= 4 is 11.9 Å². The molecule has 76 valence electrons. The normalized spacial score (nSPS) is 9.79. The molecule has 0 fully saturated rings. The molecule has 14 heavy (non-hydrogen) atoms. The lowest BCUT2D eigenvalue weighted by molar-refractivity contribution is -0.152. The first-order valence-electron chi connectivity index (χ1n) is 3.96. The van der Waals surface area contributed by atoms with Crippen LogP contribution in [0.1, 0.15) is 17.8 Å². The van der Waals surface area contributed by atoms with E-state index in [2.05, 4.69) is 14.7 Å². The van der Waals surface area contributed by atoms with Crippen LogP contribution in [0.5, 0.6) is 0 Å². The number of imidazole rings is 1. The smallest absolute Gasteiger partial charge is 0.317 e. The monoisotopic (exact) mass is 198 g/mol. The quantitative estimate of drug-likeness (QED) is 0.534. The Bertz CT molecular complexity index is 345. The van der Waals surface area contributed by atoms with E-state index in [9.17, 15) is 9.59 Å². The van der Waals surface area contributed by atoms with Crippen molar-refractivity contribution in [1.29, 1.82) is 0 Å². The third-order valence-corrected chi connectivity index (χ3v) is 1.60. The highest BCUT2D eigenvalue weighted by molar-refractivity contribution is 5.90. The maximum atomic E-state index is 10.8. The number of carboxylic acid groups (broad SMARTS) is 1. The number of aromatic nitrogens is 2. The minimum Gasteiger partial charge on any atom is -0.481 e. The average Bonchev–Trinajstić information content (AvgIpc) is 2.46. The zero-order valence-corrected chi connectivity index (χ0v) is 7.61. The number of aliphatic carboxylic acids is 1. The van der Waals surface area contributed by atoms with Crippen molar-refractivity contribution in [3.05, 3.63) is 17.7 Å². The molecule has 1 aromatic rings. The van der Waals surface area contributed by atoms with Gasteiger partial charge in [-0.1, -0.05) is 0 Å². The Hall–Kier alpha value is -1.85. The van der Waals surface area contributed by atoms with Crippen LogP contribution in [0.2, 0.25) is 0 Å². The molecule has 0 unspecified atom stereocenters. The fourth-order valence-corrected chi connectivity index (χ4v) is 0.856. The first kappa shape index (κ1) is 10.2. The van der Waals surface area contributed by atoms with E-state index in [-0.39, 0.29) is 6.61 Å². The Morgan fingerprint density at radius 2 is 2.36 bits per heavy atom. The number of esters is 1. The number of nitrogens with zero attached hydrogens (tertiary/aromatic N) is 1. The van der Waals surface area contributed by atoms with Crippen LogP contribution in [0.3, 0.4) is 0 Å². The summed E-state index contributed by atoms with van der Waals surface area (Å²) in [7, 11) is 0. The van der Waals surface area contributed by atoms with E-state index >= 15 is 0 Å². The summed E-state index contributed by atoms with van der Waals surface area (Å²) >= 11 is 0. The summed E-state index contributed by atoms with van der Waals surface area (Å²) in [6.07, 6.45) is 0.860. The summed E-state index contributed by atoms with van der Waals surface area (Å²) in [5.41, 5.74) is 1.40. The molecule has 0 atom stereocenters. The highest BCUT2D eigenvalue weighted by Crippen LogP contribution is 2.02. The number of H-pyrrole nitrogens is 1. The van der Waals surface area contributed by atoms with Crippen LogP contribution in [0, 0.1) is 6.92 Å². The summed E-state index contributed by atoms with van der Waals surface area (Å²) < 4.78 is 4.68. The third-order valence-electron chi connectivity index (χ3n) is 1.60. The summed E-state index contributed by atoms with van der Waals surface area (Å²) in [5, 5.41) is 8.27. The Kier molecular flexibility index (Phi) is 3.22. The molecule has 1 rings (SSSR count). The number of carbonyl (C=O) groups is 2. The van der Waals surface area contributed by atoms with Crippen LogP contribution in [0.4, 0.5) is 0 Å². The highest BCUT2D eigenvalue weighted by atomic mass is 16.5. The van der Waals surface area contributed by atoms with E-state index in [0.29, 0.717) is 5.69 Å². The van der Waals surface area contributed by atoms with E-state index in [4.69, 9.17) is 5.11 Å². The standard InChI is InChI=1S/C8H10N2O4/c1-5-6(10-4-9-5)3-14-8(13)2-7(11)12/h4H,2-3H2,1H3,(H,9,10)(H,11,12). The van der Waals surface area contributed by atoms with Crippen molar-refractivity contribution < 1.29 is 19.4 Å². The van der Waals surface area contributed by atoms with Gasteiger partial charge in [-0.2, -0.15) is 0 Å². The second-order valence-corrected chi connectivity index (χ2v) is 2.71. The van der Waals surface area contributed by atoms with E-state index in [1.807, 2.05) is 0 Å². The van der Waals surface area contributed by atoms with Crippen LogP contribution < -0.4 is 0 Å². The highest BCUT2D eigenvalue weighted by Gasteiger charge is 2.10. The van der Waals surface area contributed by atoms with Gasteiger partial charge >= 0.3 is 11.9 Å². The molecule has 0 saturated carbocycles. The van der Waals surface area contributed by atoms with Gasteiger partial charge in [-0.15, -0.1) is 0 Å². The lowest BCUT2D eigenvalue weighted by Gasteiger charge is -2.00. The van der Waals surface area contributed by atoms with Crippen LogP contribution >= 0.6 is 0 Å². The van der Waals surface area contributed by atoms with Crippen molar-refractivity contribution in [3.63, 3.8) is 0 Å². The zero-order chi connectivity index (χ0) is 10.6. The molecule has 0 aliphatic heterocycles. The predicted molar refractivity (Wildman–Crippen MR) is 45.4 cm³/mol. The van der Waals surface area contributed by atoms with Gasteiger partial charge in [0.05, 0.1) is 12.0 Å². The van der Waals surface area contributed by atoms with Gasteiger partial charge in [0, 0.05) is 5.69 Å². The van der Waals surface area contributed by atoms with E-state index in [1.54, 1.807) is 6.92 Å². The predicted octanol–water partition coefficient (Wildman–Crippen LogP) is 0.236. The number of aryl methyl sites for hydroxylation is 1. The fraction of sp³-hybridized carbons (Fsp3) is 0.375. The van der Waals surface area contributed by atoms with Gasteiger partial charge in [-0.3, -0.25) is 9.59 Å². The van der Waals surface area contributed by atoms with Crippen molar-refractivity contribution in [2.45, 2.75) is 20.0 Å². The number of carboxylic acids is 1. The molecule has 1 heterocycles. The molecule has 0 saturated heterocycles. The van der Waals surface area contributed by atoms with Crippen LogP contribution in [-0.2, 0) is 20.9 Å². The molecular formula is C8H10N2O4. The molecule has 1 aromatic heterocycles. The van der Waals surface area contributed by atoms with Crippen molar-refractivity contribution in [3.8, 4) is 0 Å². The zero-order valence-electron chi connectivity index (χ0n) is 7.61. The van der Waals surface area contributed by atoms with Crippen molar-refractivity contribution in [2.24, 2.45) is 0 Å². The lowest BCUT2D eigenvalue weighted by Crippen LogP contribution is -2.10. The van der Waals surface area contributed by atoms with Crippen molar-refractivity contribution in [2.75, 3.05) is 0 Å². The van der Waals surface area contributed by atoms with Gasteiger partial charge < -0.3 is 14.8 Å². The summed E-state index contributed by atoms with van der Waals surface area (Å²) in [5.74, 6) is -1.96. The number of carbonyl (C=O) groups excluding carboxylic acids is 1. The molecule has 6 heteroatoms. The van der Waals surface area contributed by atoms with Crippen LogP contribution in [0.25, 0.3) is 0 Å². The lowest BCUT2D eigenvalue weighted by atomic mass is 10.4. The molecule has 0 bridgehead atoms. The van der Waals surface area contributed by atoms with Gasteiger partial charge in [0.25, 0.3) is 0 Å². The molecule has 0 amide bonds. The molecule has 6 nitrogen and oxygen atoms in total. The third kappa shape index (κ3) is 2.89. The number of hydrogen-bond donors (Lipinski definition) is 2. The topological polar surface area (TPSA) is 92.3 Å². The van der Waals surface area contributed by atoms with E-state index < -0.39 is 18.4 Å². The van der Waals surface area contributed by atoms with Gasteiger partial charge in [-0.05, 0) is 6.92 Å². The molecule has 0 spiro atoms. The Labute approximate surface area is 79.9 Å². The molecule has 0 aliphatic rings. The summed E-state index contributed by atoms with van der Waals surface area (Å²) in [6.45, 7) is 1.79. The number of nitrogens with one attached hydrogen (secondary N) is 1. The second kappa shape index (κ2) is 4.40. The largest absolute Gasteiger partial charge is 0.481 e.